The number of ether oxygens (including phenoxy) is 2. The minimum atomic E-state index is -0.773. The molecule has 0 aliphatic heterocycles. The molecule has 0 fully saturated rings. The van der Waals surface area contributed by atoms with Gasteiger partial charge in [-0.2, -0.15) is 0 Å². The maximum atomic E-state index is 11.8. The first kappa shape index (κ1) is 14.0. The van der Waals surface area contributed by atoms with E-state index in [9.17, 15) is 9.59 Å². The maximum Gasteiger partial charge on any atom is 0.421 e. The molecule has 1 unspecified atom stereocenters. The molecular weight excluding hydrogens is 236 g/mol. The third-order valence-electron chi connectivity index (χ3n) is 2.16. The van der Waals surface area contributed by atoms with Crippen molar-refractivity contribution in [1.29, 1.82) is 0 Å². The van der Waals surface area contributed by atoms with E-state index in [2.05, 4.69) is 15.6 Å². The van der Waals surface area contributed by atoms with Crippen molar-refractivity contribution < 1.29 is 19.1 Å². The number of hydrogen-bond acceptors (Lipinski definition) is 5. The fourth-order valence-electron chi connectivity index (χ4n) is 1.33. The average molecular weight is 252 g/mol. The predicted octanol–water partition coefficient (Wildman–Crippen LogP) is 1.15. The average Bonchev–Trinajstić information content (AvgIpc) is 2.40. The van der Waals surface area contributed by atoms with Crippen molar-refractivity contribution in [2.75, 3.05) is 13.7 Å². The summed E-state index contributed by atoms with van der Waals surface area (Å²) in [5.74, 6) is -0.472. The zero-order chi connectivity index (χ0) is 13.4. The van der Waals surface area contributed by atoms with Crippen molar-refractivity contribution >= 4 is 12.1 Å². The number of methoxy groups -OCH3 is 1. The van der Waals surface area contributed by atoms with Crippen LogP contribution in [0.4, 0.5) is 4.79 Å². The molecule has 0 saturated heterocycles. The third-order valence-corrected chi connectivity index (χ3v) is 2.16. The van der Waals surface area contributed by atoms with Gasteiger partial charge in [0.2, 0.25) is 0 Å². The van der Waals surface area contributed by atoms with Gasteiger partial charge in [0.1, 0.15) is 6.04 Å². The number of hydrazine groups is 1. The molecule has 2 N–H and O–H groups in total. The van der Waals surface area contributed by atoms with Gasteiger partial charge in [0.25, 0.3) is 0 Å². The first-order valence-electron chi connectivity index (χ1n) is 5.50. The normalized spacial score (nSPS) is 11.4. The Morgan fingerprint density at radius 1 is 1.28 bits per heavy atom. The van der Waals surface area contributed by atoms with Crippen molar-refractivity contribution in [2.45, 2.75) is 13.0 Å². The SMILES string of the molecule is CCOC(=O)C(NNC(=O)OC)c1ccccc1. The molecule has 1 rings (SSSR count). The van der Waals surface area contributed by atoms with Crippen LogP contribution in [-0.4, -0.2) is 25.8 Å². The van der Waals surface area contributed by atoms with Gasteiger partial charge in [-0.1, -0.05) is 30.3 Å². The van der Waals surface area contributed by atoms with Crippen LogP contribution >= 0.6 is 0 Å². The smallest absolute Gasteiger partial charge is 0.421 e. The van der Waals surface area contributed by atoms with E-state index in [1.54, 1.807) is 31.2 Å². The van der Waals surface area contributed by atoms with Gasteiger partial charge in [0.15, 0.2) is 0 Å². The van der Waals surface area contributed by atoms with Gasteiger partial charge in [-0.3, -0.25) is 5.43 Å². The van der Waals surface area contributed by atoms with Gasteiger partial charge in [-0.25, -0.2) is 15.0 Å². The summed E-state index contributed by atoms with van der Waals surface area (Å²) in [7, 11) is 1.24. The summed E-state index contributed by atoms with van der Waals surface area (Å²) < 4.78 is 9.34. The van der Waals surface area contributed by atoms with Crippen LogP contribution in [0.1, 0.15) is 18.5 Å². The quantitative estimate of drug-likeness (QED) is 0.607. The molecule has 0 spiro atoms. The predicted molar refractivity (Wildman–Crippen MR) is 64.5 cm³/mol. The fourth-order valence-corrected chi connectivity index (χ4v) is 1.33. The number of esters is 1. The van der Waals surface area contributed by atoms with Gasteiger partial charge in [-0.15, -0.1) is 0 Å². The van der Waals surface area contributed by atoms with Gasteiger partial charge >= 0.3 is 12.1 Å². The molecule has 6 nitrogen and oxygen atoms in total. The number of nitrogens with one attached hydrogen (secondary N) is 2. The number of carbonyl (C=O) groups excluding carboxylic acids is 2. The molecule has 0 aliphatic rings. The van der Waals surface area contributed by atoms with Crippen LogP contribution in [0.5, 0.6) is 0 Å². The third kappa shape index (κ3) is 4.06. The van der Waals surface area contributed by atoms with Gasteiger partial charge in [-0.05, 0) is 12.5 Å². The maximum absolute atomic E-state index is 11.8. The largest absolute Gasteiger partial charge is 0.465 e. The topological polar surface area (TPSA) is 76.7 Å². The highest BCUT2D eigenvalue weighted by molar-refractivity contribution is 5.78. The molecule has 0 heterocycles. The lowest BCUT2D eigenvalue weighted by Crippen LogP contribution is -2.43. The Balaban J connectivity index is 2.75. The Kier molecular flexibility index (Phi) is 5.66. The lowest BCUT2D eigenvalue weighted by atomic mass is 10.1. The standard InChI is InChI=1S/C12H16N2O4/c1-3-18-11(15)10(13-14-12(16)17-2)9-7-5-4-6-8-9/h4-8,10,13H,3H2,1-2H3,(H,14,16). The first-order chi connectivity index (χ1) is 8.69. The van der Waals surface area contributed by atoms with E-state index in [0.29, 0.717) is 5.56 Å². The number of hydrogen-bond donors (Lipinski definition) is 2. The van der Waals surface area contributed by atoms with Crippen molar-refractivity contribution in [3.05, 3.63) is 35.9 Å². The molecule has 1 aromatic rings. The Labute approximate surface area is 105 Å². The second-order valence-electron chi connectivity index (χ2n) is 3.36. The Morgan fingerprint density at radius 2 is 1.94 bits per heavy atom. The first-order valence-corrected chi connectivity index (χ1v) is 5.50. The monoisotopic (exact) mass is 252 g/mol. The molecule has 98 valence electrons. The molecule has 0 radical (unpaired) electrons. The van der Waals surface area contributed by atoms with Crippen LogP contribution in [0.25, 0.3) is 0 Å². The number of rotatable bonds is 5. The number of benzene rings is 1. The van der Waals surface area contributed by atoms with Gasteiger partial charge in [0, 0.05) is 0 Å². The minimum Gasteiger partial charge on any atom is -0.465 e. The van der Waals surface area contributed by atoms with Crippen molar-refractivity contribution in [2.24, 2.45) is 0 Å². The minimum absolute atomic E-state index is 0.266. The van der Waals surface area contributed by atoms with E-state index in [4.69, 9.17) is 4.74 Å². The summed E-state index contributed by atoms with van der Waals surface area (Å²) in [5, 5.41) is 0. The summed E-state index contributed by atoms with van der Waals surface area (Å²) in [6.45, 7) is 1.98. The van der Waals surface area contributed by atoms with Crippen LogP contribution < -0.4 is 10.9 Å². The second-order valence-corrected chi connectivity index (χ2v) is 3.36. The van der Waals surface area contributed by atoms with Crippen LogP contribution in [0.3, 0.4) is 0 Å². The van der Waals surface area contributed by atoms with E-state index in [-0.39, 0.29) is 6.61 Å². The van der Waals surface area contributed by atoms with Crippen LogP contribution in [0, 0.1) is 0 Å². The molecule has 0 bridgehead atoms. The Hall–Kier alpha value is -2.08. The summed E-state index contributed by atoms with van der Waals surface area (Å²) in [5.41, 5.74) is 5.52. The molecular formula is C12H16N2O4. The van der Waals surface area contributed by atoms with Gasteiger partial charge < -0.3 is 9.47 Å². The molecule has 1 atom stereocenters. The molecule has 1 aromatic carbocycles. The zero-order valence-electron chi connectivity index (χ0n) is 10.3. The molecule has 1 amide bonds. The van der Waals surface area contributed by atoms with E-state index < -0.39 is 18.1 Å². The van der Waals surface area contributed by atoms with Crippen LogP contribution in [0.15, 0.2) is 30.3 Å². The van der Waals surface area contributed by atoms with Crippen molar-refractivity contribution in [1.82, 2.24) is 10.9 Å². The fraction of sp³-hybridized carbons (Fsp3) is 0.333. The summed E-state index contributed by atoms with van der Waals surface area (Å²) in [6.07, 6.45) is -0.680. The summed E-state index contributed by atoms with van der Waals surface area (Å²) in [6, 6.07) is 8.16. The van der Waals surface area contributed by atoms with Crippen molar-refractivity contribution in [3.8, 4) is 0 Å². The Bertz CT molecular complexity index is 394. The van der Waals surface area contributed by atoms with E-state index in [1.165, 1.54) is 7.11 Å². The second kappa shape index (κ2) is 7.29. The molecule has 0 aliphatic carbocycles. The highest BCUT2D eigenvalue weighted by Gasteiger charge is 2.22. The van der Waals surface area contributed by atoms with E-state index in [0.717, 1.165) is 0 Å². The van der Waals surface area contributed by atoms with Crippen LogP contribution in [-0.2, 0) is 14.3 Å². The lowest BCUT2D eigenvalue weighted by molar-refractivity contribution is -0.146. The zero-order valence-corrected chi connectivity index (χ0v) is 10.3. The highest BCUT2D eigenvalue weighted by atomic mass is 16.5. The van der Waals surface area contributed by atoms with Crippen molar-refractivity contribution in [3.63, 3.8) is 0 Å². The molecule has 0 saturated carbocycles. The number of amides is 1. The molecule has 6 heteroatoms. The van der Waals surface area contributed by atoms with Gasteiger partial charge in [0.05, 0.1) is 13.7 Å². The molecule has 0 aromatic heterocycles. The van der Waals surface area contributed by atoms with Crippen LogP contribution in [0.2, 0.25) is 0 Å². The van der Waals surface area contributed by atoms with E-state index >= 15 is 0 Å². The summed E-state index contributed by atoms with van der Waals surface area (Å²) in [4.78, 5) is 22.7. The Morgan fingerprint density at radius 3 is 2.50 bits per heavy atom. The summed E-state index contributed by atoms with van der Waals surface area (Å²) >= 11 is 0. The highest BCUT2D eigenvalue weighted by Crippen LogP contribution is 2.13. The molecule has 18 heavy (non-hydrogen) atoms. The van der Waals surface area contributed by atoms with E-state index in [1.807, 2.05) is 6.07 Å². The number of carbonyl (C=O) groups is 2. The lowest BCUT2D eigenvalue weighted by Gasteiger charge is -2.17.